The van der Waals surface area contributed by atoms with Gasteiger partial charge in [0.1, 0.15) is 0 Å². The van der Waals surface area contributed by atoms with Gasteiger partial charge in [0.2, 0.25) is 0 Å². The molecule has 0 saturated heterocycles. The second kappa shape index (κ2) is 36.3. The molecule has 0 nitrogen and oxygen atoms in total. The largest absolute Gasteiger partial charge is 0 e. The van der Waals surface area contributed by atoms with Crippen molar-refractivity contribution in [2.45, 2.75) is 0 Å². The molecule has 17 radical (unpaired) electrons. The van der Waals surface area contributed by atoms with Gasteiger partial charge in [-0.25, -0.2) is 0 Å². The van der Waals surface area contributed by atoms with Crippen LogP contribution in [-0.4, -0.2) is 274 Å². The van der Waals surface area contributed by atoms with Crippen LogP contribution in [0.5, 0.6) is 0 Å². The molecule has 0 aromatic heterocycles. The van der Waals surface area contributed by atoms with Crippen molar-refractivity contribution in [3.05, 3.63) is 0 Å². The fraction of sp³-hybridized carbons (Fsp3) is 0. The fourth-order valence-electron chi connectivity index (χ4n) is 0. The molecule has 0 aliphatic rings. The van der Waals surface area contributed by atoms with E-state index in [2.05, 4.69) is 0 Å². The first-order valence-electron chi connectivity index (χ1n) is 0. The molecule has 0 aliphatic carbocycles. The summed E-state index contributed by atoms with van der Waals surface area (Å²) in [5.74, 6) is 0. The molecule has 7 heteroatoms. The van der Waals surface area contributed by atoms with Crippen LogP contribution in [0.1, 0.15) is 0 Å². The van der Waals surface area contributed by atoms with E-state index >= 15 is 0 Å². The van der Waals surface area contributed by atoms with Gasteiger partial charge in [-0.1, -0.05) is 0 Å². The predicted octanol–water partition coefficient (Wildman–Crippen LogP) is -2.67. The number of hydrogen-bond acceptors (Lipinski definition) is 0. The van der Waals surface area contributed by atoms with E-state index in [9.17, 15) is 0 Å². The minimum absolute atomic E-state index is 0. The molecule has 0 bridgehead atoms. The second-order valence-electron chi connectivity index (χ2n) is 0. The fourth-order valence-corrected chi connectivity index (χ4v) is 0. The molecule has 23 valence electrons. The van der Waals surface area contributed by atoms with E-state index in [0.29, 0.717) is 0 Å². The molecule has 0 rings (SSSR count). The molecular weight excluding hydrogens is 1180 g/mol. The zero-order valence-corrected chi connectivity index (χ0v) is 32.4. The van der Waals surface area contributed by atoms with Gasteiger partial charge in [0, 0.05) is 274 Å². The van der Waals surface area contributed by atoms with Gasteiger partial charge in [0.05, 0.1) is 0 Å². The average Bonchev–Trinajstić information content (AvgIpc) is 0. The Labute approximate surface area is 263 Å². The maximum atomic E-state index is 0. The Bertz CT molecular complexity index is 6.90. The van der Waals surface area contributed by atoms with Crippen molar-refractivity contribution in [1.29, 1.82) is 0 Å². The van der Waals surface area contributed by atoms with E-state index in [4.69, 9.17) is 0 Å². The standard InChI is InChI=1S/4Ba.3Bi. The third-order valence-electron chi connectivity index (χ3n) is 0. The Morgan fingerprint density at radius 3 is 0.286 bits per heavy atom. The van der Waals surface area contributed by atoms with Gasteiger partial charge in [-0.2, -0.15) is 0 Å². The zero-order valence-electron chi connectivity index (χ0n) is 4.17. The molecule has 0 N–H and O–H groups in total. The third-order valence-corrected chi connectivity index (χ3v) is 0. The summed E-state index contributed by atoms with van der Waals surface area (Å²) in [5.41, 5.74) is 0. The summed E-state index contributed by atoms with van der Waals surface area (Å²) < 4.78 is 0. The van der Waals surface area contributed by atoms with E-state index in [1.165, 1.54) is 0 Å². The predicted molar refractivity (Wildman–Crippen MR) is 40.3 cm³/mol. The van der Waals surface area contributed by atoms with E-state index < -0.39 is 0 Å². The zero-order chi connectivity index (χ0) is 0. The van der Waals surface area contributed by atoms with Crippen LogP contribution in [0.25, 0.3) is 0 Å². The second-order valence-corrected chi connectivity index (χ2v) is 0. The first kappa shape index (κ1) is 44.5. The van der Waals surface area contributed by atoms with Gasteiger partial charge in [0.25, 0.3) is 0 Å². The minimum Gasteiger partial charge on any atom is 0 e. The first-order valence-corrected chi connectivity index (χ1v) is 0. The van der Waals surface area contributed by atoms with E-state index in [1.807, 2.05) is 0 Å². The summed E-state index contributed by atoms with van der Waals surface area (Å²) in [6.45, 7) is 0. The van der Waals surface area contributed by atoms with Gasteiger partial charge in [0.15, 0.2) is 0 Å². The van der Waals surface area contributed by atoms with E-state index in [1.54, 1.807) is 0 Å². The molecule has 0 aromatic rings. The van der Waals surface area contributed by atoms with Crippen molar-refractivity contribution in [3.8, 4) is 0 Å². The molecule has 0 aromatic carbocycles. The Morgan fingerprint density at radius 1 is 0.286 bits per heavy atom. The Morgan fingerprint density at radius 2 is 0.286 bits per heavy atom. The Balaban J connectivity index is 0. The average molecular weight is 1180 g/mol. The molecule has 0 atom stereocenters. The van der Waals surface area contributed by atoms with Crippen LogP contribution in [0.15, 0.2) is 0 Å². The quantitative estimate of drug-likeness (QED) is 0.233. The molecule has 0 spiro atoms. The van der Waals surface area contributed by atoms with Crippen LogP contribution >= 0.6 is 0 Å². The molecule has 0 amide bonds. The SMILES string of the molecule is [Ba].[Ba].[Ba].[Ba].[Bi].[Bi].[Bi]. The molecule has 7 heavy (non-hydrogen) atoms. The van der Waals surface area contributed by atoms with Gasteiger partial charge in [-0.05, 0) is 0 Å². The van der Waals surface area contributed by atoms with E-state index in [-0.39, 0.29) is 274 Å². The van der Waals surface area contributed by atoms with Crippen molar-refractivity contribution >= 4 is 274 Å². The van der Waals surface area contributed by atoms with Crippen LogP contribution in [0, 0.1) is 0 Å². The smallest absolute Gasteiger partial charge is 0 e. The van der Waals surface area contributed by atoms with Gasteiger partial charge >= 0.3 is 0 Å². The minimum atomic E-state index is 0. The maximum Gasteiger partial charge on any atom is 0 e. The summed E-state index contributed by atoms with van der Waals surface area (Å²) in [5, 5.41) is 0. The number of rotatable bonds is 0. The molecule has 0 fully saturated rings. The summed E-state index contributed by atoms with van der Waals surface area (Å²) in [7, 11) is 0. The first-order chi connectivity index (χ1) is 0. The topological polar surface area (TPSA) is 0 Å². The van der Waals surface area contributed by atoms with Crippen molar-refractivity contribution in [3.63, 3.8) is 0 Å². The van der Waals surface area contributed by atoms with Gasteiger partial charge in [-0.3, -0.25) is 0 Å². The van der Waals surface area contributed by atoms with Crippen molar-refractivity contribution in [2.75, 3.05) is 0 Å². The third kappa shape index (κ3) is 31.3. The van der Waals surface area contributed by atoms with Crippen LogP contribution in [-0.2, 0) is 0 Å². The molecule has 0 unspecified atom stereocenters. The Kier molecular flexibility index (Phi) is 231. The Hall–Kier alpha value is 8.94. The molecular formula is Ba4Bi3. The van der Waals surface area contributed by atoms with Crippen molar-refractivity contribution in [1.82, 2.24) is 0 Å². The number of hydrogen-bond donors (Lipinski definition) is 0. The maximum absolute atomic E-state index is 0. The summed E-state index contributed by atoms with van der Waals surface area (Å²) in [4.78, 5) is 0. The summed E-state index contributed by atoms with van der Waals surface area (Å²) in [6.07, 6.45) is 0. The summed E-state index contributed by atoms with van der Waals surface area (Å²) in [6, 6.07) is 0. The van der Waals surface area contributed by atoms with Crippen LogP contribution in [0.4, 0.5) is 0 Å². The monoisotopic (exact) mass is 1180 g/mol. The molecule has 0 saturated carbocycles. The van der Waals surface area contributed by atoms with Gasteiger partial charge < -0.3 is 0 Å². The van der Waals surface area contributed by atoms with Crippen LogP contribution in [0.3, 0.4) is 0 Å². The normalized spacial score (nSPS) is 0. The van der Waals surface area contributed by atoms with Gasteiger partial charge in [-0.15, -0.1) is 0 Å². The van der Waals surface area contributed by atoms with Crippen LogP contribution < -0.4 is 0 Å². The van der Waals surface area contributed by atoms with Crippen molar-refractivity contribution in [2.24, 2.45) is 0 Å². The van der Waals surface area contributed by atoms with Crippen molar-refractivity contribution < 1.29 is 0 Å². The van der Waals surface area contributed by atoms with Crippen LogP contribution in [0.2, 0.25) is 0 Å². The summed E-state index contributed by atoms with van der Waals surface area (Å²) >= 11 is 0. The molecule has 0 heterocycles. The molecule has 0 aliphatic heterocycles. The van der Waals surface area contributed by atoms with E-state index in [0.717, 1.165) is 0 Å².